The molecule has 2 N–H and O–H groups in total. The van der Waals surface area contributed by atoms with Crippen LogP contribution in [0.15, 0.2) is 17.2 Å². The monoisotopic (exact) mass is 208 g/mol. The summed E-state index contributed by atoms with van der Waals surface area (Å²) in [5.74, 6) is -0.293. The van der Waals surface area contributed by atoms with Crippen molar-refractivity contribution in [3.63, 3.8) is 0 Å². The fourth-order valence-corrected chi connectivity index (χ4v) is 1.52. The van der Waals surface area contributed by atoms with Gasteiger partial charge in [0.05, 0.1) is 0 Å². The lowest BCUT2D eigenvalue weighted by molar-refractivity contribution is 0.0728. The molecule has 0 aliphatic carbocycles. The summed E-state index contributed by atoms with van der Waals surface area (Å²) in [7, 11) is 0. The first-order valence-electron chi connectivity index (χ1n) is 4.83. The molecule has 1 fully saturated rings. The van der Waals surface area contributed by atoms with Gasteiger partial charge in [-0.3, -0.25) is 9.59 Å². The van der Waals surface area contributed by atoms with Crippen molar-refractivity contribution in [2.75, 3.05) is 26.2 Å². The summed E-state index contributed by atoms with van der Waals surface area (Å²) < 4.78 is 0. The molecule has 6 heteroatoms. The zero-order valence-electron chi connectivity index (χ0n) is 8.19. The van der Waals surface area contributed by atoms with Crippen LogP contribution in [0, 0.1) is 0 Å². The van der Waals surface area contributed by atoms with Gasteiger partial charge in [0.15, 0.2) is 5.69 Å². The zero-order chi connectivity index (χ0) is 10.7. The molecule has 0 aromatic carbocycles. The van der Waals surface area contributed by atoms with Gasteiger partial charge in [-0.1, -0.05) is 0 Å². The Kier molecular flexibility index (Phi) is 2.77. The van der Waals surface area contributed by atoms with Gasteiger partial charge in [-0.05, 0) is 0 Å². The molecule has 0 bridgehead atoms. The molecule has 2 heterocycles. The Labute approximate surface area is 86.3 Å². The third-order valence-corrected chi connectivity index (χ3v) is 2.31. The lowest BCUT2D eigenvalue weighted by Crippen LogP contribution is -2.47. The summed E-state index contributed by atoms with van der Waals surface area (Å²) in [5.41, 5.74) is -0.458. The number of rotatable bonds is 1. The summed E-state index contributed by atoms with van der Waals surface area (Å²) in [6.45, 7) is 2.76. The van der Waals surface area contributed by atoms with Gasteiger partial charge in [0.25, 0.3) is 11.5 Å². The van der Waals surface area contributed by atoms with Crippen molar-refractivity contribution < 1.29 is 4.79 Å². The van der Waals surface area contributed by atoms with Gasteiger partial charge in [0.2, 0.25) is 0 Å². The minimum atomic E-state index is -0.430. The number of nitrogens with zero attached hydrogens (tertiary/aromatic N) is 2. The van der Waals surface area contributed by atoms with Gasteiger partial charge >= 0.3 is 0 Å². The maximum absolute atomic E-state index is 11.8. The molecular formula is C9H12N4O2. The van der Waals surface area contributed by atoms with Gasteiger partial charge in [0, 0.05) is 38.6 Å². The highest BCUT2D eigenvalue weighted by atomic mass is 16.2. The second-order valence-electron chi connectivity index (χ2n) is 3.31. The Balaban J connectivity index is 2.20. The molecule has 80 valence electrons. The van der Waals surface area contributed by atoms with Crippen LogP contribution in [0.25, 0.3) is 0 Å². The van der Waals surface area contributed by atoms with Gasteiger partial charge < -0.3 is 15.2 Å². The highest BCUT2D eigenvalue weighted by molar-refractivity contribution is 5.91. The third-order valence-electron chi connectivity index (χ3n) is 2.31. The van der Waals surface area contributed by atoms with Gasteiger partial charge in [0.1, 0.15) is 0 Å². The number of carbonyl (C=O) groups is 1. The zero-order valence-corrected chi connectivity index (χ0v) is 8.19. The van der Waals surface area contributed by atoms with E-state index in [9.17, 15) is 9.59 Å². The highest BCUT2D eigenvalue weighted by Crippen LogP contribution is 1.98. The fraction of sp³-hybridized carbons (Fsp3) is 0.444. The molecule has 6 nitrogen and oxygen atoms in total. The van der Waals surface area contributed by atoms with Gasteiger partial charge in [-0.2, -0.15) is 0 Å². The molecule has 1 aromatic rings. The number of aromatic amines is 1. The van der Waals surface area contributed by atoms with E-state index in [1.165, 1.54) is 12.4 Å². The summed E-state index contributed by atoms with van der Waals surface area (Å²) in [6.07, 6.45) is 2.83. The summed E-state index contributed by atoms with van der Waals surface area (Å²) in [6, 6.07) is 0. The predicted molar refractivity (Wildman–Crippen MR) is 53.6 cm³/mol. The summed E-state index contributed by atoms with van der Waals surface area (Å²) in [5, 5.41) is 3.14. The van der Waals surface area contributed by atoms with E-state index < -0.39 is 5.56 Å². The number of nitrogens with one attached hydrogen (secondary N) is 2. The van der Waals surface area contributed by atoms with Crippen LogP contribution >= 0.6 is 0 Å². The second kappa shape index (κ2) is 4.22. The molecule has 1 aliphatic heterocycles. The molecule has 15 heavy (non-hydrogen) atoms. The van der Waals surface area contributed by atoms with E-state index in [-0.39, 0.29) is 11.6 Å². The molecule has 1 aliphatic rings. The molecule has 2 rings (SSSR count). The summed E-state index contributed by atoms with van der Waals surface area (Å²) in [4.78, 5) is 31.0. The fourth-order valence-electron chi connectivity index (χ4n) is 1.52. The standard InChI is InChI=1S/C9H12N4O2/c14-8-7(11-1-2-12-8)9(15)13-5-3-10-4-6-13/h1-2,10H,3-6H2,(H,12,14). The van der Waals surface area contributed by atoms with Gasteiger partial charge in [-0.15, -0.1) is 0 Å². The van der Waals surface area contributed by atoms with Crippen LogP contribution in [0.3, 0.4) is 0 Å². The topological polar surface area (TPSA) is 78.1 Å². The predicted octanol–water partition coefficient (Wildman–Crippen LogP) is -1.18. The maximum Gasteiger partial charge on any atom is 0.279 e. The first kappa shape index (κ1) is 9.85. The Hall–Kier alpha value is -1.69. The second-order valence-corrected chi connectivity index (χ2v) is 3.31. The number of piperazine rings is 1. The normalized spacial score (nSPS) is 16.4. The van der Waals surface area contributed by atoms with Crippen molar-refractivity contribution >= 4 is 5.91 Å². The number of H-pyrrole nitrogens is 1. The molecule has 0 atom stereocenters. The molecule has 1 saturated heterocycles. The molecular weight excluding hydrogens is 196 g/mol. The van der Waals surface area contributed by atoms with Crippen molar-refractivity contribution in [2.45, 2.75) is 0 Å². The largest absolute Gasteiger partial charge is 0.335 e. The van der Waals surface area contributed by atoms with Crippen LogP contribution in [-0.4, -0.2) is 47.0 Å². The van der Waals surface area contributed by atoms with Crippen molar-refractivity contribution in [1.82, 2.24) is 20.2 Å². The van der Waals surface area contributed by atoms with Crippen LogP contribution in [0.1, 0.15) is 10.5 Å². The lowest BCUT2D eigenvalue weighted by atomic mass is 10.3. The van der Waals surface area contributed by atoms with E-state index in [0.717, 1.165) is 13.1 Å². The average Bonchev–Trinajstić information content (AvgIpc) is 2.30. The van der Waals surface area contributed by atoms with Crippen molar-refractivity contribution in [1.29, 1.82) is 0 Å². The van der Waals surface area contributed by atoms with E-state index >= 15 is 0 Å². The maximum atomic E-state index is 11.8. The average molecular weight is 208 g/mol. The van der Waals surface area contributed by atoms with E-state index in [1.807, 2.05) is 0 Å². The van der Waals surface area contributed by atoms with E-state index in [0.29, 0.717) is 13.1 Å². The quantitative estimate of drug-likeness (QED) is 0.608. The van der Waals surface area contributed by atoms with Crippen LogP contribution in [0.4, 0.5) is 0 Å². The van der Waals surface area contributed by atoms with Crippen LogP contribution in [0.5, 0.6) is 0 Å². The molecule has 1 amide bonds. The molecule has 0 radical (unpaired) electrons. The number of carbonyl (C=O) groups excluding carboxylic acids is 1. The molecule has 0 spiro atoms. The van der Waals surface area contributed by atoms with Crippen molar-refractivity contribution in [3.05, 3.63) is 28.4 Å². The van der Waals surface area contributed by atoms with Gasteiger partial charge in [-0.25, -0.2) is 4.98 Å². The van der Waals surface area contributed by atoms with Crippen LogP contribution < -0.4 is 10.9 Å². The first-order valence-corrected chi connectivity index (χ1v) is 4.83. The SMILES string of the molecule is O=C(c1ncc[nH]c1=O)N1CCNCC1. The highest BCUT2D eigenvalue weighted by Gasteiger charge is 2.21. The van der Waals surface area contributed by atoms with Crippen molar-refractivity contribution in [2.24, 2.45) is 0 Å². The Morgan fingerprint density at radius 2 is 2.13 bits per heavy atom. The number of hydrogen-bond acceptors (Lipinski definition) is 4. The van der Waals surface area contributed by atoms with E-state index in [4.69, 9.17) is 0 Å². The lowest BCUT2D eigenvalue weighted by Gasteiger charge is -2.26. The van der Waals surface area contributed by atoms with Crippen LogP contribution in [0.2, 0.25) is 0 Å². The van der Waals surface area contributed by atoms with Crippen molar-refractivity contribution in [3.8, 4) is 0 Å². The number of aromatic nitrogens is 2. The Morgan fingerprint density at radius 3 is 2.80 bits per heavy atom. The van der Waals surface area contributed by atoms with E-state index in [2.05, 4.69) is 15.3 Å². The smallest absolute Gasteiger partial charge is 0.279 e. The molecule has 1 aromatic heterocycles. The Morgan fingerprint density at radius 1 is 1.40 bits per heavy atom. The minimum Gasteiger partial charge on any atom is -0.335 e. The number of hydrogen-bond donors (Lipinski definition) is 2. The molecule has 0 saturated carbocycles. The molecule has 0 unspecified atom stereocenters. The Bertz CT molecular complexity index is 409. The third kappa shape index (κ3) is 2.04. The minimum absolute atomic E-state index is 0.0283. The summed E-state index contributed by atoms with van der Waals surface area (Å²) >= 11 is 0. The van der Waals surface area contributed by atoms with E-state index in [1.54, 1.807) is 4.90 Å². The van der Waals surface area contributed by atoms with Crippen LogP contribution in [-0.2, 0) is 0 Å². The first-order chi connectivity index (χ1) is 7.29. The number of amides is 1.